The van der Waals surface area contributed by atoms with Gasteiger partial charge in [0.1, 0.15) is 5.76 Å². The molecule has 1 saturated heterocycles. The van der Waals surface area contributed by atoms with Crippen LogP contribution in [-0.2, 0) is 16.1 Å². The lowest BCUT2D eigenvalue weighted by Gasteiger charge is -2.32. The molecule has 1 aliphatic heterocycles. The second-order valence-corrected chi connectivity index (χ2v) is 5.26. The highest BCUT2D eigenvalue weighted by atomic mass is 16.5. The molecule has 106 valence electrons. The second-order valence-electron chi connectivity index (χ2n) is 5.26. The van der Waals surface area contributed by atoms with Gasteiger partial charge in [0, 0.05) is 25.8 Å². The van der Waals surface area contributed by atoms with Crippen LogP contribution in [0.3, 0.4) is 0 Å². The zero-order valence-electron chi connectivity index (χ0n) is 12.0. The first-order chi connectivity index (χ1) is 9.13. The highest BCUT2D eigenvalue weighted by Crippen LogP contribution is 2.25. The molecule has 1 aromatic heterocycles. The van der Waals surface area contributed by atoms with E-state index in [0.717, 1.165) is 37.2 Å². The van der Waals surface area contributed by atoms with Crippen molar-refractivity contribution < 1.29 is 13.9 Å². The molecule has 0 unspecified atom stereocenters. The molecule has 0 aromatic carbocycles. The average Bonchev–Trinajstić information content (AvgIpc) is 2.83. The summed E-state index contributed by atoms with van der Waals surface area (Å²) in [6.45, 7) is 5.39. The molecule has 19 heavy (non-hydrogen) atoms. The molecule has 0 aliphatic carbocycles. The van der Waals surface area contributed by atoms with E-state index >= 15 is 0 Å². The van der Waals surface area contributed by atoms with Gasteiger partial charge in [0.25, 0.3) is 0 Å². The fourth-order valence-electron chi connectivity index (χ4n) is 2.72. The van der Waals surface area contributed by atoms with Gasteiger partial charge < -0.3 is 14.1 Å². The molecule has 0 bridgehead atoms. The summed E-state index contributed by atoms with van der Waals surface area (Å²) in [6.07, 6.45) is 4.56. The van der Waals surface area contributed by atoms with Gasteiger partial charge in [0.05, 0.1) is 18.3 Å². The zero-order chi connectivity index (χ0) is 13.8. The van der Waals surface area contributed by atoms with E-state index in [4.69, 9.17) is 9.15 Å². The Balaban J connectivity index is 2.00. The summed E-state index contributed by atoms with van der Waals surface area (Å²) in [5.41, 5.74) is 1.07. The van der Waals surface area contributed by atoms with Crippen molar-refractivity contribution in [2.24, 2.45) is 5.92 Å². The van der Waals surface area contributed by atoms with Gasteiger partial charge in [-0.1, -0.05) is 6.92 Å². The van der Waals surface area contributed by atoms with Crippen molar-refractivity contribution in [3.05, 3.63) is 23.7 Å². The molecule has 2 heterocycles. The Morgan fingerprint density at radius 1 is 1.53 bits per heavy atom. The molecule has 1 aliphatic rings. The third-order valence-corrected chi connectivity index (χ3v) is 3.91. The number of ether oxygens (including phenoxy) is 1. The van der Waals surface area contributed by atoms with Crippen LogP contribution in [0.2, 0.25) is 0 Å². The number of hydrogen-bond acceptors (Lipinski definition) is 3. The van der Waals surface area contributed by atoms with Gasteiger partial charge >= 0.3 is 0 Å². The Hall–Kier alpha value is -1.29. The number of carbonyl (C=O) groups excluding carboxylic acids is 1. The summed E-state index contributed by atoms with van der Waals surface area (Å²) in [6, 6.07) is 1.92. The molecule has 0 radical (unpaired) electrons. The SMILES string of the molecule is CC[C@@H]1OCCC[C@H]1C(=O)N(C)Cc1ccoc1C. The van der Waals surface area contributed by atoms with Crippen LogP contribution in [0.5, 0.6) is 0 Å². The minimum absolute atomic E-state index is 0.0101. The summed E-state index contributed by atoms with van der Waals surface area (Å²) in [5.74, 6) is 1.08. The first-order valence-electron chi connectivity index (χ1n) is 7.03. The first-order valence-corrected chi connectivity index (χ1v) is 7.03. The van der Waals surface area contributed by atoms with Crippen molar-refractivity contribution in [3.8, 4) is 0 Å². The van der Waals surface area contributed by atoms with E-state index in [2.05, 4.69) is 6.92 Å². The van der Waals surface area contributed by atoms with E-state index < -0.39 is 0 Å². The highest BCUT2D eigenvalue weighted by molar-refractivity contribution is 5.79. The largest absolute Gasteiger partial charge is 0.469 e. The number of furan rings is 1. The van der Waals surface area contributed by atoms with Gasteiger partial charge in [0.2, 0.25) is 5.91 Å². The number of aryl methyl sites for hydroxylation is 1. The predicted octanol–water partition coefficient (Wildman–Crippen LogP) is 2.75. The van der Waals surface area contributed by atoms with Gasteiger partial charge in [-0.05, 0) is 32.3 Å². The van der Waals surface area contributed by atoms with Gasteiger partial charge in [-0.2, -0.15) is 0 Å². The monoisotopic (exact) mass is 265 g/mol. The highest BCUT2D eigenvalue weighted by Gasteiger charge is 2.32. The zero-order valence-corrected chi connectivity index (χ0v) is 12.0. The summed E-state index contributed by atoms with van der Waals surface area (Å²) in [4.78, 5) is 14.3. The Kier molecular flexibility index (Phi) is 4.64. The molecular weight excluding hydrogens is 242 g/mol. The Bertz CT molecular complexity index is 427. The summed E-state index contributed by atoms with van der Waals surface area (Å²) >= 11 is 0. The van der Waals surface area contributed by atoms with E-state index in [9.17, 15) is 4.79 Å². The lowest BCUT2D eigenvalue weighted by atomic mass is 9.91. The third-order valence-electron chi connectivity index (χ3n) is 3.91. The van der Waals surface area contributed by atoms with Crippen LogP contribution in [0.1, 0.15) is 37.5 Å². The Morgan fingerprint density at radius 3 is 2.95 bits per heavy atom. The van der Waals surface area contributed by atoms with Crippen molar-refractivity contribution in [2.75, 3.05) is 13.7 Å². The number of rotatable bonds is 4. The van der Waals surface area contributed by atoms with Gasteiger partial charge in [0.15, 0.2) is 0 Å². The third kappa shape index (κ3) is 3.18. The maximum absolute atomic E-state index is 12.5. The van der Waals surface area contributed by atoms with Crippen molar-refractivity contribution >= 4 is 5.91 Å². The molecule has 4 nitrogen and oxygen atoms in total. The van der Waals surface area contributed by atoms with E-state index in [1.54, 1.807) is 11.2 Å². The summed E-state index contributed by atoms with van der Waals surface area (Å²) < 4.78 is 11.0. The van der Waals surface area contributed by atoms with Gasteiger partial charge in [-0.15, -0.1) is 0 Å². The standard InChI is InChI=1S/C15H23NO3/c1-4-14-13(6-5-8-19-14)15(17)16(3)10-12-7-9-18-11(12)2/h7,9,13-14H,4-6,8,10H2,1-3H3/t13-,14+/m1/s1. The molecule has 2 atom stereocenters. The predicted molar refractivity (Wildman–Crippen MR) is 72.7 cm³/mol. The molecule has 1 fully saturated rings. The number of hydrogen-bond donors (Lipinski definition) is 0. The molecule has 0 saturated carbocycles. The molecule has 1 amide bonds. The van der Waals surface area contributed by atoms with Crippen molar-refractivity contribution in [1.82, 2.24) is 4.90 Å². The van der Waals surface area contributed by atoms with Crippen LogP contribution in [0.15, 0.2) is 16.7 Å². The second kappa shape index (κ2) is 6.24. The number of nitrogens with zero attached hydrogens (tertiary/aromatic N) is 1. The topological polar surface area (TPSA) is 42.7 Å². The smallest absolute Gasteiger partial charge is 0.228 e. The average molecular weight is 265 g/mol. The maximum atomic E-state index is 12.5. The number of carbonyl (C=O) groups is 1. The van der Waals surface area contributed by atoms with E-state index in [-0.39, 0.29) is 17.9 Å². The van der Waals surface area contributed by atoms with Crippen LogP contribution < -0.4 is 0 Å². The lowest BCUT2D eigenvalue weighted by molar-refractivity contribution is -0.144. The molecular formula is C15H23NO3. The van der Waals surface area contributed by atoms with Crippen LogP contribution >= 0.6 is 0 Å². The summed E-state index contributed by atoms with van der Waals surface area (Å²) in [5, 5.41) is 0. The van der Waals surface area contributed by atoms with Crippen LogP contribution in [0, 0.1) is 12.8 Å². The van der Waals surface area contributed by atoms with E-state index in [1.807, 2.05) is 20.0 Å². The number of amides is 1. The normalized spacial score (nSPS) is 23.3. The minimum Gasteiger partial charge on any atom is -0.469 e. The maximum Gasteiger partial charge on any atom is 0.228 e. The fourth-order valence-corrected chi connectivity index (χ4v) is 2.72. The molecule has 0 spiro atoms. The lowest BCUT2D eigenvalue weighted by Crippen LogP contribution is -2.41. The molecule has 4 heteroatoms. The van der Waals surface area contributed by atoms with Crippen LogP contribution in [0.4, 0.5) is 0 Å². The quantitative estimate of drug-likeness (QED) is 0.840. The van der Waals surface area contributed by atoms with Crippen molar-refractivity contribution in [1.29, 1.82) is 0 Å². The minimum atomic E-state index is 0.0101. The Morgan fingerprint density at radius 2 is 2.32 bits per heavy atom. The van der Waals surface area contributed by atoms with Crippen LogP contribution in [-0.4, -0.2) is 30.6 Å². The summed E-state index contributed by atoms with van der Waals surface area (Å²) in [7, 11) is 1.86. The molecule has 2 rings (SSSR count). The fraction of sp³-hybridized carbons (Fsp3) is 0.667. The van der Waals surface area contributed by atoms with Gasteiger partial charge in [-0.3, -0.25) is 4.79 Å². The van der Waals surface area contributed by atoms with Crippen molar-refractivity contribution in [3.63, 3.8) is 0 Å². The van der Waals surface area contributed by atoms with E-state index in [0.29, 0.717) is 6.54 Å². The Labute approximate surface area is 114 Å². The van der Waals surface area contributed by atoms with Gasteiger partial charge in [-0.25, -0.2) is 0 Å². The molecule has 0 N–H and O–H groups in total. The first kappa shape index (κ1) is 14.1. The molecule has 1 aromatic rings. The van der Waals surface area contributed by atoms with Crippen molar-refractivity contribution in [2.45, 2.75) is 45.8 Å². The van der Waals surface area contributed by atoms with Crippen LogP contribution in [0.25, 0.3) is 0 Å². The van der Waals surface area contributed by atoms with E-state index in [1.165, 1.54) is 0 Å².